The second kappa shape index (κ2) is 4.80. The molecule has 1 aromatic carbocycles. The summed E-state index contributed by atoms with van der Waals surface area (Å²) in [5.41, 5.74) is 0.412. The Hall–Kier alpha value is -1.84. The van der Waals surface area contributed by atoms with Crippen LogP contribution in [0.4, 0.5) is 5.69 Å². The molecule has 0 heterocycles. The Labute approximate surface area is 106 Å². The molecular weight excluding hydrogens is 228 g/mol. The normalized spacial score (nSPS) is 20.6. The van der Waals surface area contributed by atoms with E-state index in [1.54, 1.807) is 12.1 Å². The van der Waals surface area contributed by atoms with Crippen molar-refractivity contribution < 1.29 is 9.59 Å². The van der Waals surface area contributed by atoms with Crippen molar-refractivity contribution >= 4 is 17.3 Å². The molecule has 2 rings (SSSR count). The SMILES string of the molecule is CC1(C)CC(=O)C(N=Nc2ccccc2)C(=O)C1. The zero-order valence-corrected chi connectivity index (χ0v) is 10.6. The highest BCUT2D eigenvalue weighted by Gasteiger charge is 2.39. The van der Waals surface area contributed by atoms with Crippen LogP contribution in [0.3, 0.4) is 0 Å². The maximum Gasteiger partial charge on any atom is 0.187 e. The van der Waals surface area contributed by atoms with Gasteiger partial charge in [-0.05, 0) is 17.5 Å². The fourth-order valence-corrected chi connectivity index (χ4v) is 2.13. The Balaban J connectivity index is 2.13. The number of carbonyl (C=O) groups excluding carboxylic acids is 2. The van der Waals surface area contributed by atoms with Gasteiger partial charge in [-0.15, -0.1) is 0 Å². The molecule has 1 aliphatic rings. The molecule has 94 valence electrons. The van der Waals surface area contributed by atoms with Crippen LogP contribution < -0.4 is 0 Å². The molecule has 18 heavy (non-hydrogen) atoms. The van der Waals surface area contributed by atoms with Crippen LogP contribution in [0.25, 0.3) is 0 Å². The highest BCUT2D eigenvalue weighted by atomic mass is 16.2. The lowest BCUT2D eigenvalue weighted by Gasteiger charge is -2.29. The van der Waals surface area contributed by atoms with Gasteiger partial charge in [-0.3, -0.25) is 9.59 Å². The fraction of sp³-hybridized carbons (Fsp3) is 0.429. The van der Waals surface area contributed by atoms with E-state index in [1.165, 1.54) is 0 Å². The fourth-order valence-electron chi connectivity index (χ4n) is 2.13. The second-order valence-corrected chi connectivity index (χ2v) is 5.40. The van der Waals surface area contributed by atoms with Gasteiger partial charge in [0.2, 0.25) is 0 Å². The molecular formula is C14H16N2O2. The van der Waals surface area contributed by atoms with Gasteiger partial charge in [0.1, 0.15) is 0 Å². The third-order valence-corrected chi connectivity index (χ3v) is 2.96. The first kappa shape index (κ1) is 12.6. The quantitative estimate of drug-likeness (QED) is 0.593. The van der Waals surface area contributed by atoms with Crippen molar-refractivity contribution in [1.82, 2.24) is 0 Å². The molecule has 0 spiro atoms. The summed E-state index contributed by atoms with van der Waals surface area (Å²) in [5.74, 6) is -0.258. The molecule has 1 fully saturated rings. The van der Waals surface area contributed by atoms with Crippen molar-refractivity contribution in [1.29, 1.82) is 0 Å². The molecule has 4 heteroatoms. The Bertz CT molecular complexity index is 472. The van der Waals surface area contributed by atoms with Crippen LogP contribution in [0.2, 0.25) is 0 Å². The van der Waals surface area contributed by atoms with Crippen LogP contribution in [0, 0.1) is 5.41 Å². The molecule has 0 bridgehead atoms. The smallest absolute Gasteiger partial charge is 0.187 e. The van der Waals surface area contributed by atoms with Crippen LogP contribution in [0.5, 0.6) is 0 Å². The summed E-state index contributed by atoms with van der Waals surface area (Å²) in [6, 6.07) is 8.21. The zero-order valence-electron chi connectivity index (χ0n) is 10.6. The van der Waals surface area contributed by atoms with Crippen molar-refractivity contribution in [3.8, 4) is 0 Å². The Kier molecular flexibility index (Phi) is 3.36. The highest BCUT2D eigenvalue weighted by molar-refractivity contribution is 6.09. The molecule has 1 aliphatic carbocycles. The van der Waals surface area contributed by atoms with E-state index >= 15 is 0 Å². The van der Waals surface area contributed by atoms with Crippen molar-refractivity contribution in [2.45, 2.75) is 32.7 Å². The highest BCUT2D eigenvalue weighted by Crippen LogP contribution is 2.32. The van der Waals surface area contributed by atoms with Crippen molar-refractivity contribution in [3.63, 3.8) is 0 Å². The number of hydrogen-bond donors (Lipinski definition) is 0. The van der Waals surface area contributed by atoms with E-state index in [0.29, 0.717) is 18.5 Å². The third-order valence-electron chi connectivity index (χ3n) is 2.96. The van der Waals surface area contributed by atoms with E-state index in [4.69, 9.17) is 0 Å². The second-order valence-electron chi connectivity index (χ2n) is 5.40. The molecule has 0 aromatic heterocycles. The standard InChI is InChI=1S/C14H16N2O2/c1-14(2)8-11(17)13(12(18)9-14)16-15-10-6-4-3-5-7-10/h3-7,13H,8-9H2,1-2H3. The van der Waals surface area contributed by atoms with Crippen LogP contribution in [-0.2, 0) is 9.59 Å². The van der Waals surface area contributed by atoms with E-state index in [1.807, 2.05) is 32.0 Å². The molecule has 0 N–H and O–H groups in total. The lowest BCUT2D eigenvalue weighted by Crippen LogP contribution is -2.40. The lowest BCUT2D eigenvalue weighted by molar-refractivity contribution is -0.135. The number of Topliss-reactive ketones (excluding diaryl/α,β-unsaturated/α-hetero) is 2. The first-order valence-electron chi connectivity index (χ1n) is 5.99. The summed E-state index contributed by atoms with van der Waals surface area (Å²) in [7, 11) is 0. The van der Waals surface area contributed by atoms with Gasteiger partial charge in [-0.1, -0.05) is 32.0 Å². The zero-order chi connectivity index (χ0) is 13.2. The minimum Gasteiger partial charge on any atom is -0.297 e. The first-order chi connectivity index (χ1) is 8.48. The van der Waals surface area contributed by atoms with Gasteiger partial charge in [0, 0.05) is 12.8 Å². The van der Waals surface area contributed by atoms with Gasteiger partial charge >= 0.3 is 0 Å². The Morgan fingerprint density at radius 3 is 2.17 bits per heavy atom. The minimum atomic E-state index is -0.904. The van der Waals surface area contributed by atoms with Gasteiger partial charge in [0.05, 0.1) is 5.69 Å². The number of ketones is 2. The minimum absolute atomic E-state index is 0.129. The third kappa shape index (κ3) is 2.88. The lowest BCUT2D eigenvalue weighted by atomic mass is 9.74. The van der Waals surface area contributed by atoms with Crippen LogP contribution in [0.15, 0.2) is 40.6 Å². The van der Waals surface area contributed by atoms with E-state index < -0.39 is 6.04 Å². The first-order valence-corrected chi connectivity index (χ1v) is 5.99. The van der Waals surface area contributed by atoms with E-state index in [9.17, 15) is 9.59 Å². The number of benzene rings is 1. The topological polar surface area (TPSA) is 58.9 Å². The summed E-state index contributed by atoms with van der Waals surface area (Å²) >= 11 is 0. The summed E-state index contributed by atoms with van der Waals surface area (Å²) in [4.78, 5) is 23.7. The molecule has 0 amide bonds. The van der Waals surface area contributed by atoms with Gasteiger partial charge in [-0.25, -0.2) is 0 Å². The molecule has 0 unspecified atom stereocenters. The summed E-state index contributed by atoms with van der Waals surface area (Å²) in [6.07, 6.45) is 0.772. The Morgan fingerprint density at radius 1 is 1.06 bits per heavy atom. The predicted octanol–water partition coefficient (Wildman–Crippen LogP) is 3.10. The van der Waals surface area contributed by atoms with Gasteiger partial charge in [0.25, 0.3) is 0 Å². The summed E-state index contributed by atoms with van der Waals surface area (Å²) in [5, 5.41) is 7.87. The van der Waals surface area contributed by atoms with Crippen LogP contribution in [-0.4, -0.2) is 17.6 Å². The largest absolute Gasteiger partial charge is 0.297 e. The summed E-state index contributed by atoms with van der Waals surface area (Å²) < 4.78 is 0. The monoisotopic (exact) mass is 244 g/mol. The van der Waals surface area contributed by atoms with Gasteiger partial charge in [0.15, 0.2) is 17.6 Å². The average Bonchev–Trinajstić information content (AvgIpc) is 2.27. The maximum atomic E-state index is 11.9. The van der Waals surface area contributed by atoms with E-state index in [2.05, 4.69) is 10.2 Å². The summed E-state index contributed by atoms with van der Waals surface area (Å²) in [6.45, 7) is 3.85. The van der Waals surface area contributed by atoms with Crippen LogP contribution in [0.1, 0.15) is 26.7 Å². The average molecular weight is 244 g/mol. The van der Waals surface area contributed by atoms with Crippen molar-refractivity contribution in [2.75, 3.05) is 0 Å². The predicted molar refractivity (Wildman–Crippen MR) is 67.8 cm³/mol. The molecule has 0 atom stereocenters. The van der Waals surface area contributed by atoms with Crippen LogP contribution >= 0.6 is 0 Å². The number of rotatable bonds is 2. The number of carbonyl (C=O) groups is 2. The van der Waals surface area contributed by atoms with E-state index in [0.717, 1.165) is 0 Å². The molecule has 1 aromatic rings. The van der Waals surface area contributed by atoms with Gasteiger partial charge < -0.3 is 0 Å². The Morgan fingerprint density at radius 2 is 1.61 bits per heavy atom. The maximum absolute atomic E-state index is 11.9. The number of nitrogens with zero attached hydrogens (tertiary/aromatic N) is 2. The molecule has 1 saturated carbocycles. The van der Waals surface area contributed by atoms with E-state index in [-0.39, 0.29) is 17.0 Å². The molecule has 4 nitrogen and oxygen atoms in total. The number of azo groups is 1. The molecule has 0 aliphatic heterocycles. The number of hydrogen-bond acceptors (Lipinski definition) is 4. The molecule has 0 radical (unpaired) electrons. The molecule has 0 saturated heterocycles. The van der Waals surface area contributed by atoms with Crippen molar-refractivity contribution in [2.24, 2.45) is 15.6 Å². The van der Waals surface area contributed by atoms with Gasteiger partial charge in [-0.2, -0.15) is 10.2 Å². The van der Waals surface area contributed by atoms with Crippen molar-refractivity contribution in [3.05, 3.63) is 30.3 Å².